The van der Waals surface area contributed by atoms with Crippen molar-refractivity contribution in [3.05, 3.63) is 39.4 Å². The number of carbonyl (C=O) groups is 1. The molecule has 0 heterocycles. The van der Waals surface area contributed by atoms with Gasteiger partial charge in [-0.05, 0) is 12.5 Å². The highest BCUT2D eigenvalue weighted by molar-refractivity contribution is 5.74. The number of nitrogens with one attached hydrogen (secondary N) is 1. The van der Waals surface area contributed by atoms with E-state index in [1.807, 2.05) is 0 Å². The summed E-state index contributed by atoms with van der Waals surface area (Å²) in [6, 6.07) is 4.78. The monoisotopic (exact) mass is 238 g/mol. The molecule has 0 unspecified atom stereocenters. The van der Waals surface area contributed by atoms with Crippen molar-refractivity contribution in [3.8, 4) is 0 Å². The van der Waals surface area contributed by atoms with Gasteiger partial charge in [0.15, 0.2) is 0 Å². The fourth-order valence-corrected chi connectivity index (χ4v) is 1.31. The first-order valence-corrected chi connectivity index (χ1v) is 5.19. The minimum absolute atomic E-state index is 0.00394. The van der Waals surface area contributed by atoms with Gasteiger partial charge in [-0.25, -0.2) is 5.48 Å². The summed E-state index contributed by atoms with van der Waals surface area (Å²) in [7, 11) is 0. The third-order valence-corrected chi connectivity index (χ3v) is 2.31. The Morgan fingerprint density at radius 2 is 2.24 bits per heavy atom. The van der Waals surface area contributed by atoms with Gasteiger partial charge in [0.05, 0.1) is 10.5 Å². The molecule has 0 atom stereocenters. The summed E-state index contributed by atoms with van der Waals surface area (Å²) < 4.78 is 0. The predicted molar refractivity (Wildman–Crippen MR) is 61.1 cm³/mol. The molecule has 92 valence electrons. The summed E-state index contributed by atoms with van der Waals surface area (Å²) >= 11 is 0. The zero-order valence-electron chi connectivity index (χ0n) is 9.73. The molecule has 1 aromatic rings. The smallest absolute Gasteiger partial charge is 0.273 e. The van der Waals surface area contributed by atoms with Gasteiger partial charge < -0.3 is 0 Å². The normalized spacial score (nSPS) is 10.0. The minimum atomic E-state index is -0.465. The minimum Gasteiger partial charge on any atom is -0.273 e. The molecule has 0 aliphatic heterocycles. The second-order valence-corrected chi connectivity index (χ2v) is 3.50. The van der Waals surface area contributed by atoms with Crippen LogP contribution in [-0.2, 0) is 16.2 Å². The molecule has 0 bridgehead atoms. The van der Waals surface area contributed by atoms with E-state index >= 15 is 0 Å². The van der Waals surface area contributed by atoms with Crippen LogP contribution in [0.25, 0.3) is 0 Å². The highest BCUT2D eigenvalue weighted by atomic mass is 16.7. The highest BCUT2D eigenvalue weighted by Crippen LogP contribution is 2.22. The zero-order valence-corrected chi connectivity index (χ0v) is 9.73. The van der Waals surface area contributed by atoms with Crippen LogP contribution in [0.3, 0.4) is 0 Å². The van der Waals surface area contributed by atoms with Crippen LogP contribution in [0, 0.1) is 17.0 Å². The topological polar surface area (TPSA) is 81.5 Å². The van der Waals surface area contributed by atoms with E-state index in [4.69, 9.17) is 4.84 Å². The molecule has 6 nitrogen and oxygen atoms in total. The van der Waals surface area contributed by atoms with Crippen LogP contribution in [0.5, 0.6) is 0 Å². The number of hydrogen-bond donors (Lipinski definition) is 1. The molecule has 6 heteroatoms. The molecule has 17 heavy (non-hydrogen) atoms. The maximum absolute atomic E-state index is 10.9. The first kappa shape index (κ1) is 13.1. The van der Waals surface area contributed by atoms with E-state index in [0.717, 1.165) is 5.56 Å². The van der Waals surface area contributed by atoms with Gasteiger partial charge in [0.1, 0.15) is 6.61 Å². The van der Waals surface area contributed by atoms with Crippen molar-refractivity contribution >= 4 is 11.6 Å². The SMILES string of the molecule is CCC(=O)NOCc1c(C)cccc1[N+](=O)[O-]. The molecule has 0 aliphatic rings. The van der Waals surface area contributed by atoms with Crippen LogP contribution in [0.1, 0.15) is 24.5 Å². The zero-order chi connectivity index (χ0) is 12.8. The lowest BCUT2D eigenvalue weighted by atomic mass is 10.1. The van der Waals surface area contributed by atoms with Crippen LogP contribution < -0.4 is 5.48 Å². The van der Waals surface area contributed by atoms with E-state index in [1.54, 1.807) is 26.0 Å². The Morgan fingerprint density at radius 3 is 2.82 bits per heavy atom. The van der Waals surface area contributed by atoms with Crippen LogP contribution in [-0.4, -0.2) is 10.8 Å². The summed E-state index contributed by atoms with van der Waals surface area (Å²) in [4.78, 5) is 26.2. The summed E-state index contributed by atoms with van der Waals surface area (Å²) in [6.45, 7) is 3.43. The number of benzene rings is 1. The summed E-state index contributed by atoms with van der Waals surface area (Å²) in [5.74, 6) is -0.263. The van der Waals surface area contributed by atoms with E-state index in [2.05, 4.69) is 5.48 Å². The third kappa shape index (κ3) is 3.53. The predicted octanol–water partition coefficient (Wildman–Crippen LogP) is 1.86. The van der Waals surface area contributed by atoms with Crippen LogP contribution in [0.2, 0.25) is 0 Å². The van der Waals surface area contributed by atoms with E-state index in [1.165, 1.54) is 6.07 Å². The van der Waals surface area contributed by atoms with Gasteiger partial charge in [-0.1, -0.05) is 19.1 Å². The van der Waals surface area contributed by atoms with Gasteiger partial charge in [-0.2, -0.15) is 0 Å². The molecule has 1 amide bonds. The molecule has 0 saturated carbocycles. The Morgan fingerprint density at radius 1 is 1.53 bits per heavy atom. The first-order chi connectivity index (χ1) is 8.06. The Kier molecular flexibility index (Phi) is 4.59. The molecular formula is C11H14N2O4. The van der Waals surface area contributed by atoms with Crippen molar-refractivity contribution in [1.82, 2.24) is 5.48 Å². The lowest BCUT2D eigenvalue weighted by molar-refractivity contribution is -0.386. The molecule has 0 saturated heterocycles. The largest absolute Gasteiger partial charge is 0.275 e. The number of nitrogens with zero attached hydrogens (tertiary/aromatic N) is 1. The number of hydroxylamine groups is 1. The molecule has 1 aromatic carbocycles. The van der Waals surface area contributed by atoms with Crippen LogP contribution >= 0.6 is 0 Å². The van der Waals surface area contributed by atoms with Crippen LogP contribution in [0.15, 0.2) is 18.2 Å². The van der Waals surface area contributed by atoms with Crippen LogP contribution in [0.4, 0.5) is 5.69 Å². The fraction of sp³-hybridized carbons (Fsp3) is 0.364. The number of amides is 1. The summed E-state index contributed by atoms with van der Waals surface area (Å²) in [5.41, 5.74) is 3.43. The number of nitro groups is 1. The van der Waals surface area contributed by atoms with Gasteiger partial charge in [-0.3, -0.25) is 19.7 Å². The Hall–Kier alpha value is -1.95. The fourth-order valence-electron chi connectivity index (χ4n) is 1.31. The Bertz CT molecular complexity index is 431. The van der Waals surface area contributed by atoms with Gasteiger partial charge >= 0.3 is 0 Å². The van der Waals surface area contributed by atoms with Gasteiger partial charge in [0, 0.05) is 12.5 Å². The van der Waals surface area contributed by atoms with Crippen molar-refractivity contribution in [2.45, 2.75) is 26.9 Å². The number of nitro benzene ring substituents is 1. The van der Waals surface area contributed by atoms with Gasteiger partial charge in [0.25, 0.3) is 5.69 Å². The maximum Gasteiger partial charge on any atom is 0.275 e. The molecule has 1 N–H and O–H groups in total. The standard InChI is InChI=1S/C11H14N2O4/c1-3-11(14)12-17-7-9-8(2)5-4-6-10(9)13(15)16/h4-6H,3,7H2,1-2H3,(H,12,14). The van der Waals surface area contributed by atoms with E-state index < -0.39 is 4.92 Å². The number of carbonyl (C=O) groups excluding carboxylic acids is 1. The lowest BCUT2D eigenvalue weighted by Gasteiger charge is -2.07. The van der Waals surface area contributed by atoms with Gasteiger partial charge in [-0.15, -0.1) is 0 Å². The first-order valence-electron chi connectivity index (χ1n) is 5.19. The average Bonchev–Trinajstić information content (AvgIpc) is 2.30. The Balaban J connectivity index is 2.76. The van der Waals surface area contributed by atoms with Gasteiger partial charge in [0.2, 0.25) is 5.91 Å². The third-order valence-electron chi connectivity index (χ3n) is 2.31. The second-order valence-electron chi connectivity index (χ2n) is 3.50. The molecular weight excluding hydrogens is 224 g/mol. The van der Waals surface area contributed by atoms with E-state index in [9.17, 15) is 14.9 Å². The quantitative estimate of drug-likeness (QED) is 0.627. The van der Waals surface area contributed by atoms with E-state index in [-0.39, 0.29) is 18.2 Å². The number of aryl methyl sites for hydroxylation is 1. The highest BCUT2D eigenvalue weighted by Gasteiger charge is 2.15. The molecule has 0 spiro atoms. The number of hydrogen-bond acceptors (Lipinski definition) is 4. The second kappa shape index (κ2) is 5.95. The number of rotatable bonds is 5. The Labute approximate surface area is 98.7 Å². The lowest BCUT2D eigenvalue weighted by Crippen LogP contribution is -2.22. The van der Waals surface area contributed by atoms with Crippen molar-refractivity contribution in [3.63, 3.8) is 0 Å². The van der Waals surface area contributed by atoms with Crippen molar-refractivity contribution in [1.29, 1.82) is 0 Å². The van der Waals surface area contributed by atoms with Crippen molar-refractivity contribution < 1.29 is 14.6 Å². The van der Waals surface area contributed by atoms with E-state index in [0.29, 0.717) is 12.0 Å². The summed E-state index contributed by atoms with van der Waals surface area (Å²) in [5, 5.41) is 10.8. The average molecular weight is 238 g/mol. The maximum atomic E-state index is 10.9. The molecule has 1 rings (SSSR count). The van der Waals surface area contributed by atoms with Crippen molar-refractivity contribution in [2.24, 2.45) is 0 Å². The molecule has 0 radical (unpaired) electrons. The molecule has 0 aromatic heterocycles. The molecule has 0 aliphatic carbocycles. The molecule has 0 fully saturated rings. The summed E-state index contributed by atoms with van der Waals surface area (Å²) in [6.07, 6.45) is 0.301. The van der Waals surface area contributed by atoms with Crippen molar-refractivity contribution in [2.75, 3.05) is 0 Å².